The Morgan fingerprint density at radius 3 is 2.54 bits per heavy atom. The summed E-state index contributed by atoms with van der Waals surface area (Å²) in [5, 5.41) is 9.09. The van der Waals surface area contributed by atoms with Gasteiger partial charge < -0.3 is 14.7 Å². The quantitative estimate of drug-likeness (QED) is 0.833. The molecule has 5 nitrogen and oxygen atoms in total. The first kappa shape index (κ1) is 18.5. The van der Waals surface area contributed by atoms with E-state index in [-0.39, 0.29) is 30.4 Å². The number of carboxylic acid groups (broad SMARTS) is 1. The monoisotopic (exact) mass is 333 g/mol. The number of likely N-dealkylation sites (tertiary alicyclic amines) is 1. The molecule has 0 aliphatic carbocycles. The number of aryl methyl sites for hydroxylation is 1. The smallest absolute Gasteiger partial charge is 0.305 e. The highest BCUT2D eigenvalue weighted by Crippen LogP contribution is 2.28. The molecule has 1 N–H and O–H groups in total. The molecule has 5 heteroatoms. The van der Waals surface area contributed by atoms with Gasteiger partial charge in [-0.3, -0.25) is 9.59 Å². The number of carbonyl (C=O) groups excluding carboxylic acids is 1. The van der Waals surface area contributed by atoms with Crippen molar-refractivity contribution >= 4 is 11.9 Å². The second-order valence-corrected chi connectivity index (χ2v) is 6.61. The molecule has 1 heterocycles. The largest absolute Gasteiger partial charge is 0.481 e. The number of aliphatic carboxylic acids is 1. The maximum absolute atomic E-state index is 12.8. The van der Waals surface area contributed by atoms with Gasteiger partial charge >= 0.3 is 5.97 Å². The minimum Gasteiger partial charge on any atom is -0.481 e. The molecular weight excluding hydrogens is 306 g/mol. The Kier molecular flexibility index (Phi) is 6.37. The second-order valence-electron chi connectivity index (χ2n) is 6.61. The summed E-state index contributed by atoms with van der Waals surface area (Å²) in [4.78, 5) is 25.6. The summed E-state index contributed by atoms with van der Waals surface area (Å²) in [5.74, 6) is -0.696. The molecule has 0 aromatic heterocycles. The first-order chi connectivity index (χ1) is 11.4. The lowest BCUT2D eigenvalue weighted by Crippen LogP contribution is -2.38. The number of methoxy groups -OCH3 is 1. The average molecular weight is 333 g/mol. The van der Waals surface area contributed by atoms with Crippen LogP contribution >= 0.6 is 0 Å². The minimum absolute atomic E-state index is 0.0209. The van der Waals surface area contributed by atoms with E-state index in [0.717, 1.165) is 12.0 Å². The number of carbonyl (C=O) groups is 2. The number of amides is 1. The van der Waals surface area contributed by atoms with Gasteiger partial charge in [-0.25, -0.2) is 0 Å². The Labute approximate surface area is 143 Å². The Bertz CT molecular complexity index is 569. The van der Waals surface area contributed by atoms with Crippen molar-refractivity contribution in [3.8, 4) is 0 Å². The van der Waals surface area contributed by atoms with Gasteiger partial charge in [-0.1, -0.05) is 36.8 Å². The van der Waals surface area contributed by atoms with E-state index in [4.69, 9.17) is 9.84 Å². The highest BCUT2D eigenvalue weighted by molar-refractivity contribution is 5.79. The predicted octanol–water partition coefficient (Wildman–Crippen LogP) is 2.97. The average Bonchev–Trinajstić information content (AvgIpc) is 2.95. The van der Waals surface area contributed by atoms with Crippen LogP contribution in [-0.4, -0.2) is 47.7 Å². The number of hydrogen-bond donors (Lipinski definition) is 1. The van der Waals surface area contributed by atoms with Crippen molar-refractivity contribution in [3.63, 3.8) is 0 Å². The van der Waals surface area contributed by atoms with Crippen LogP contribution in [0.1, 0.15) is 49.7 Å². The van der Waals surface area contributed by atoms with Gasteiger partial charge in [-0.15, -0.1) is 0 Å². The fourth-order valence-electron chi connectivity index (χ4n) is 3.41. The minimum atomic E-state index is -0.875. The van der Waals surface area contributed by atoms with Gasteiger partial charge in [0, 0.05) is 26.1 Å². The van der Waals surface area contributed by atoms with E-state index in [1.807, 2.05) is 6.92 Å². The molecule has 1 aliphatic heterocycles. The number of nitrogens with zero attached hydrogens (tertiary/aromatic N) is 1. The highest BCUT2D eigenvalue weighted by atomic mass is 16.5. The standard InChI is InChI=1S/C19H27NO4/c1-4-14(15-7-5-13(2)6-8-15)9-18(21)20-12-17(24-3)10-16(20)11-19(22)23/h5-8,14,16-17H,4,9-12H2,1-3H3,(H,22,23). The van der Waals surface area contributed by atoms with E-state index < -0.39 is 5.97 Å². The van der Waals surface area contributed by atoms with Crippen LogP contribution < -0.4 is 0 Å². The van der Waals surface area contributed by atoms with Crippen molar-refractivity contribution in [1.82, 2.24) is 4.90 Å². The zero-order valence-corrected chi connectivity index (χ0v) is 14.7. The molecule has 0 saturated carbocycles. The van der Waals surface area contributed by atoms with Crippen LogP contribution in [0.2, 0.25) is 0 Å². The third-order valence-electron chi connectivity index (χ3n) is 4.90. The number of ether oxygens (including phenoxy) is 1. The van der Waals surface area contributed by atoms with Crippen LogP contribution in [0.5, 0.6) is 0 Å². The lowest BCUT2D eigenvalue weighted by atomic mass is 9.92. The lowest BCUT2D eigenvalue weighted by Gasteiger charge is -2.25. The summed E-state index contributed by atoms with van der Waals surface area (Å²) in [5.41, 5.74) is 2.36. The predicted molar refractivity (Wildman–Crippen MR) is 92.0 cm³/mol. The lowest BCUT2D eigenvalue weighted by molar-refractivity contribution is -0.140. The topological polar surface area (TPSA) is 66.8 Å². The maximum atomic E-state index is 12.8. The molecule has 0 radical (unpaired) electrons. The molecule has 0 spiro atoms. The number of hydrogen-bond acceptors (Lipinski definition) is 3. The summed E-state index contributed by atoms with van der Waals surface area (Å²) in [6.07, 6.45) is 1.78. The van der Waals surface area contributed by atoms with Crippen LogP contribution in [0.3, 0.4) is 0 Å². The SMILES string of the molecule is CCC(CC(=O)N1CC(OC)CC1CC(=O)O)c1ccc(C)cc1. The van der Waals surface area contributed by atoms with Crippen LogP contribution in [0.25, 0.3) is 0 Å². The summed E-state index contributed by atoms with van der Waals surface area (Å²) in [7, 11) is 1.61. The van der Waals surface area contributed by atoms with Gasteiger partial charge in [0.05, 0.1) is 12.5 Å². The molecule has 1 amide bonds. The van der Waals surface area contributed by atoms with E-state index in [1.165, 1.54) is 5.56 Å². The molecule has 132 valence electrons. The summed E-state index contributed by atoms with van der Waals surface area (Å²) < 4.78 is 5.35. The molecule has 0 bridgehead atoms. The molecule has 1 saturated heterocycles. The Hall–Kier alpha value is -1.88. The zero-order valence-electron chi connectivity index (χ0n) is 14.7. The van der Waals surface area contributed by atoms with E-state index in [1.54, 1.807) is 12.0 Å². The molecule has 1 aromatic rings. The van der Waals surface area contributed by atoms with Crippen LogP contribution in [0, 0.1) is 6.92 Å². The zero-order chi connectivity index (χ0) is 17.7. The Morgan fingerprint density at radius 1 is 1.33 bits per heavy atom. The summed E-state index contributed by atoms with van der Waals surface area (Å²) in [6, 6.07) is 8.01. The molecular formula is C19H27NO4. The van der Waals surface area contributed by atoms with Gasteiger partial charge in [0.25, 0.3) is 0 Å². The first-order valence-electron chi connectivity index (χ1n) is 8.55. The molecule has 3 atom stereocenters. The van der Waals surface area contributed by atoms with Crippen molar-refractivity contribution in [2.45, 2.75) is 57.6 Å². The van der Waals surface area contributed by atoms with Crippen molar-refractivity contribution in [1.29, 1.82) is 0 Å². The Balaban J connectivity index is 2.07. The van der Waals surface area contributed by atoms with Gasteiger partial charge in [-0.2, -0.15) is 0 Å². The van der Waals surface area contributed by atoms with Gasteiger partial charge in [0.15, 0.2) is 0 Å². The third-order valence-corrected chi connectivity index (χ3v) is 4.90. The van der Waals surface area contributed by atoms with Crippen LogP contribution in [0.4, 0.5) is 0 Å². The van der Waals surface area contributed by atoms with Crippen molar-refractivity contribution in [2.24, 2.45) is 0 Å². The third kappa shape index (κ3) is 4.57. The number of benzene rings is 1. The van der Waals surface area contributed by atoms with E-state index >= 15 is 0 Å². The molecule has 1 aromatic carbocycles. The normalized spacial score (nSPS) is 21.7. The summed E-state index contributed by atoms with van der Waals surface area (Å²) in [6.45, 7) is 4.60. The molecule has 2 rings (SSSR count). The van der Waals surface area contributed by atoms with E-state index in [0.29, 0.717) is 19.4 Å². The van der Waals surface area contributed by atoms with E-state index in [2.05, 4.69) is 31.2 Å². The highest BCUT2D eigenvalue weighted by Gasteiger charge is 2.36. The second kappa shape index (κ2) is 8.29. The first-order valence-corrected chi connectivity index (χ1v) is 8.55. The van der Waals surface area contributed by atoms with E-state index in [9.17, 15) is 9.59 Å². The van der Waals surface area contributed by atoms with Crippen molar-refractivity contribution in [3.05, 3.63) is 35.4 Å². The molecule has 24 heavy (non-hydrogen) atoms. The molecule has 1 aliphatic rings. The number of carboxylic acids is 1. The van der Waals surface area contributed by atoms with Crippen molar-refractivity contribution < 1.29 is 19.4 Å². The van der Waals surface area contributed by atoms with Gasteiger partial charge in [0.2, 0.25) is 5.91 Å². The van der Waals surface area contributed by atoms with Crippen LogP contribution in [-0.2, 0) is 14.3 Å². The van der Waals surface area contributed by atoms with Crippen molar-refractivity contribution in [2.75, 3.05) is 13.7 Å². The maximum Gasteiger partial charge on any atom is 0.305 e. The van der Waals surface area contributed by atoms with Gasteiger partial charge in [-0.05, 0) is 31.2 Å². The summed E-state index contributed by atoms with van der Waals surface area (Å²) >= 11 is 0. The van der Waals surface area contributed by atoms with Crippen LogP contribution in [0.15, 0.2) is 24.3 Å². The Morgan fingerprint density at radius 2 is 2.00 bits per heavy atom. The molecule has 1 fully saturated rings. The number of rotatable bonds is 7. The molecule has 3 unspecified atom stereocenters. The fraction of sp³-hybridized carbons (Fsp3) is 0.579. The fourth-order valence-corrected chi connectivity index (χ4v) is 3.41. The van der Waals surface area contributed by atoms with Gasteiger partial charge in [0.1, 0.15) is 0 Å².